The van der Waals surface area contributed by atoms with Gasteiger partial charge in [0.15, 0.2) is 0 Å². The number of aryl methyl sites for hydroxylation is 1. The summed E-state index contributed by atoms with van der Waals surface area (Å²) in [4.78, 5) is 1.17. The van der Waals surface area contributed by atoms with E-state index in [1.165, 1.54) is 10.5 Å². The minimum absolute atomic E-state index is 0.104. The largest absolute Gasteiger partial charge is 0.507 e. The molecule has 2 aromatic rings. The molecule has 0 saturated carbocycles. The van der Waals surface area contributed by atoms with Crippen molar-refractivity contribution >= 4 is 11.8 Å². The second-order valence-electron chi connectivity index (χ2n) is 11.2. The molecule has 0 spiro atoms. The number of aromatic hydroxyl groups is 2. The normalized spacial score (nSPS) is 13.0. The molecule has 0 amide bonds. The molecular weight excluding hydrogens is 376 g/mol. The van der Waals surface area contributed by atoms with E-state index in [0.717, 1.165) is 28.0 Å². The zero-order valence-electron chi connectivity index (χ0n) is 19.8. The highest BCUT2D eigenvalue weighted by Gasteiger charge is 2.27. The van der Waals surface area contributed by atoms with E-state index >= 15 is 0 Å². The molecule has 0 saturated heterocycles. The van der Waals surface area contributed by atoms with E-state index < -0.39 is 0 Å². The molecule has 2 rings (SSSR count). The van der Waals surface area contributed by atoms with E-state index in [0.29, 0.717) is 11.5 Å². The van der Waals surface area contributed by atoms with Gasteiger partial charge in [0, 0.05) is 21.8 Å². The van der Waals surface area contributed by atoms with Crippen LogP contribution in [0.3, 0.4) is 0 Å². The van der Waals surface area contributed by atoms with Gasteiger partial charge in [0.1, 0.15) is 11.5 Å². The van der Waals surface area contributed by atoms with Gasteiger partial charge in [0.25, 0.3) is 0 Å². The van der Waals surface area contributed by atoms with Crippen molar-refractivity contribution < 1.29 is 10.2 Å². The summed E-state index contributed by atoms with van der Waals surface area (Å²) in [5, 5.41) is 21.4. The number of phenolic OH excluding ortho intramolecular Hbond substituents is 2. The van der Waals surface area contributed by atoms with Gasteiger partial charge in [0.2, 0.25) is 0 Å². The first kappa shape index (κ1) is 23.7. The lowest BCUT2D eigenvalue weighted by molar-refractivity contribution is 0.422. The molecule has 2 nitrogen and oxygen atoms in total. The first-order valence-electron chi connectivity index (χ1n) is 10.4. The third-order valence-electron chi connectivity index (χ3n) is 5.27. The second-order valence-corrected chi connectivity index (χ2v) is 12.3. The Hall–Kier alpha value is -1.61. The topological polar surface area (TPSA) is 40.5 Å². The Morgan fingerprint density at radius 2 is 1.07 bits per heavy atom. The molecular formula is C26H38O2S. The lowest BCUT2D eigenvalue weighted by atomic mass is 9.79. The third-order valence-corrected chi connectivity index (χ3v) is 6.32. The molecule has 2 N–H and O–H groups in total. The van der Waals surface area contributed by atoms with Gasteiger partial charge in [0.05, 0.1) is 0 Å². The lowest BCUT2D eigenvalue weighted by Gasteiger charge is -2.28. The van der Waals surface area contributed by atoms with Gasteiger partial charge in [-0.3, -0.25) is 0 Å². The van der Waals surface area contributed by atoms with Crippen LogP contribution in [0.1, 0.15) is 90.1 Å². The van der Waals surface area contributed by atoms with Crippen molar-refractivity contribution in [2.45, 2.75) is 96.1 Å². The van der Waals surface area contributed by atoms with Crippen molar-refractivity contribution in [1.29, 1.82) is 0 Å². The van der Waals surface area contributed by atoms with Gasteiger partial charge in [-0.05, 0) is 52.0 Å². The Morgan fingerprint density at radius 3 is 1.48 bits per heavy atom. The summed E-state index contributed by atoms with van der Waals surface area (Å²) in [5.74, 6) is 1.65. The van der Waals surface area contributed by atoms with Gasteiger partial charge in [-0.15, -0.1) is 11.8 Å². The Labute approximate surface area is 181 Å². The van der Waals surface area contributed by atoms with Crippen LogP contribution in [-0.4, -0.2) is 10.2 Å². The Morgan fingerprint density at radius 1 is 0.655 bits per heavy atom. The molecule has 3 heteroatoms. The zero-order valence-corrected chi connectivity index (χ0v) is 20.6. The van der Waals surface area contributed by atoms with E-state index in [1.807, 2.05) is 6.92 Å². The van der Waals surface area contributed by atoms with Crippen LogP contribution in [0.15, 0.2) is 29.2 Å². The summed E-state index contributed by atoms with van der Waals surface area (Å²) in [6.07, 6.45) is 0. The lowest BCUT2D eigenvalue weighted by Crippen LogP contribution is -2.17. The maximum absolute atomic E-state index is 10.9. The van der Waals surface area contributed by atoms with Crippen LogP contribution in [0.2, 0.25) is 0 Å². The fourth-order valence-electron chi connectivity index (χ4n) is 3.51. The molecule has 0 fully saturated rings. The van der Waals surface area contributed by atoms with Gasteiger partial charge in [-0.1, -0.05) is 74.4 Å². The number of hydrogen-bond acceptors (Lipinski definition) is 3. The fourth-order valence-corrected chi connectivity index (χ4v) is 4.41. The summed E-state index contributed by atoms with van der Waals surface area (Å²) < 4.78 is 0. The quantitative estimate of drug-likeness (QED) is 0.508. The molecule has 160 valence electrons. The number of hydrogen-bond donors (Lipinski definition) is 2. The Kier molecular flexibility index (Phi) is 6.45. The van der Waals surface area contributed by atoms with Crippen LogP contribution >= 0.6 is 11.8 Å². The molecule has 0 bridgehead atoms. The van der Waals surface area contributed by atoms with Gasteiger partial charge >= 0.3 is 0 Å². The van der Waals surface area contributed by atoms with Crippen LogP contribution < -0.4 is 0 Å². The van der Waals surface area contributed by atoms with Gasteiger partial charge in [-0.2, -0.15) is 0 Å². The molecule has 0 radical (unpaired) electrons. The summed E-state index contributed by atoms with van der Waals surface area (Å²) in [6, 6.07) is 8.47. The predicted molar refractivity (Wildman–Crippen MR) is 127 cm³/mol. The molecule has 0 aliphatic carbocycles. The highest BCUT2D eigenvalue weighted by Crippen LogP contribution is 2.42. The third kappa shape index (κ3) is 5.51. The predicted octanol–water partition coefficient (Wildman–Crippen LogP) is 7.59. The minimum atomic E-state index is -0.130. The summed E-state index contributed by atoms with van der Waals surface area (Å²) in [5.41, 5.74) is 4.73. The molecule has 0 aliphatic heterocycles. The molecule has 0 atom stereocenters. The van der Waals surface area contributed by atoms with Crippen LogP contribution in [0.5, 0.6) is 11.5 Å². The highest BCUT2D eigenvalue weighted by atomic mass is 32.2. The molecule has 2 aromatic carbocycles. The first-order chi connectivity index (χ1) is 13.0. The van der Waals surface area contributed by atoms with Crippen molar-refractivity contribution in [1.82, 2.24) is 0 Å². The van der Waals surface area contributed by atoms with E-state index in [2.05, 4.69) is 86.6 Å². The molecule has 0 heterocycles. The van der Waals surface area contributed by atoms with Crippen LogP contribution in [0, 0.1) is 6.92 Å². The first-order valence-corrected chi connectivity index (χ1v) is 11.3. The number of rotatable bonds is 3. The molecule has 0 aliphatic rings. The zero-order chi connectivity index (χ0) is 22.4. The number of benzene rings is 2. The smallest absolute Gasteiger partial charge is 0.123 e. The maximum Gasteiger partial charge on any atom is 0.123 e. The molecule has 0 unspecified atom stereocenters. The van der Waals surface area contributed by atoms with Crippen molar-refractivity contribution in [3.8, 4) is 11.5 Å². The minimum Gasteiger partial charge on any atom is -0.507 e. The van der Waals surface area contributed by atoms with E-state index in [-0.39, 0.29) is 16.2 Å². The standard InChI is InChI=1S/C26H38O2S/c1-16-11-17(12-19(22(16)27)24(2,3)4)15-29-18-13-20(25(5,6)7)23(28)21(14-18)26(8,9)10/h11-14,27-28H,15H2,1-10H3. The number of phenols is 2. The van der Waals surface area contributed by atoms with Crippen LogP contribution in [-0.2, 0) is 22.0 Å². The van der Waals surface area contributed by atoms with E-state index in [9.17, 15) is 10.2 Å². The summed E-state index contributed by atoms with van der Waals surface area (Å²) in [7, 11) is 0. The van der Waals surface area contributed by atoms with Gasteiger partial charge < -0.3 is 10.2 Å². The number of thioether (sulfide) groups is 1. The monoisotopic (exact) mass is 414 g/mol. The van der Waals surface area contributed by atoms with Crippen LogP contribution in [0.4, 0.5) is 0 Å². The molecule has 0 aromatic heterocycles. The van der Waals surface area contributed by atoms with E-state index in [1.54, 1.807) is 11.8 Å². The summed E-state index contributed by atoms with van der Waals surface area (Å²) >= 11 is 1.78. The van der Waals surface area contributed by atoms with Gasteiger partial charge in [-0.25, -0.2) is 0 Å². The van der Waals surface area contributed by atoms with E-state index in [4.69, 9.17) is 0 Å². The van der Waals surface area contributed by atoms with Crippen molar-refractivity contribution in [3.63, 3.8) is 0 Å². The fraction of sp³-hybridized carbons (Fsp3) is 0.538. The maximum atomic E-state index is 10.9. The van der Waals surface area contributed by atoms with Crippen molar-refractivity contribution in [2.75, 3.05) is 0 Å². The van der Waals surface area contributed by atoms with Crippen molar-refractivity contribution in [3.05, 3.63) is 52.1 Å². The van der Waals surface area contributed by atoms with Crippen LogP contribution in [0.25, 0.3) is 0 Å². The Bertz CT molecular complexity index is 856. The Balaban J connectivity index is 2.45. The SMILES string of the molecule is Cc1cc(CSc2cc(C(C)(C)C)c(O)c(C(C)(C)C)c2)cc(C(C)(C)C)c1O. The average Bonchev–Trinajstić information content (AvgIpc) is 2.53. The van der Waals surface area contributed by atoms with Crippen molar-refractivity contribution in [2.24, 2.45) is 0 Å². The highest BCUT2D eigenvalue weighted by molar-refractivity contribution is 7.98. The second kappa shape index (κ2) is 7.91. The average molecular weight is 415 g/mol. The summed E-state index contributed by atoms with van der Waals surface area (Å²) in [6.45, 7) is 21.2. The molecule has 29 heavy (non-hydrogen) atoms.